The van der Waals surface area contributed by atoms with Crippen LogP contribution in [0.25, 0.3) is 0 Å². The zero-order valence-electron chi connectivity index (χ0n) is 17.7. The number of guanidine groups is 1. The third-order valence-corrected chi connectivity index (χ3v) is 5.49. The molecule has 2 heterocycles. The van der Waals surface area contributed by atoms with E-state index in [0.29, 0.717) is 25.5 Å². The largest absolute Gasteiger partial charge is 0.491 e. The quantitative estimate of drug-likeness (QED) is 0.555. The van der Waals surface area contributed by atoms with Crippen LogP contribution in [0.15, 0.2) is 23.2 Å². The maximum atomic E-state index is 14.0. The van der Waals surface area contributed by atoms with Gasteiger partial charge >= 0.3 is 0 Å². The van der Waals surface area contributed by atoms with Crippen molar-refractivity contribution in [1.82, 2.24) is 10.2 Å². The Hall–Kier alpha value is -1.86. The molecule has 0 aromatic heterocycles. The van der Waals surface area contributed by atoms with Crippen LogP contribution in [0, 0.1) is 5.82 Å². The molecule has 0 radical (unpaired) electrons. The summed E-state index contributed by atoms with van der Waals surface area (Å²) in [6.07, 6.45) is 6.04. The SMILES string of the molecule is CCOc1ccc(CNC(=NC)N2CCC(OCC3CCCCO3)CC2)cc1F. The Morgan fingerprint density at radius 3 is 2.76 bits per heavy atom. The van der Waals surface area contributed by atoms with Gasteiger partial charge in [-0.2, -0.15) is 0 Å². The Morgan fingerprint density at radius 1 is 1.28 bits per heavy atom. The van der Waals surface area contributed by atoms with E-state index in [4.69, 9.17) is 14.2 Å². The molecule has 0 bridgehead atoms. The average Bonchev–Trinajstić information content (AvgIpc) is 2.76. The summed E-state index contributed by atoms with van der Waals surface area (Å²) in [5.41, 5.74) is 0.859. The zero-order chi connectivity index (χ0) is 20.5. The molecule has 29 heavy (non-hydrogen) atoms. The lowest BCUT2D eigenvalue weighted by atomic mass is 10.1. The smallest absolute Gasteiger partial charge is 0.193 e. The Labute approximate surface area is 173 Å². The molecule has 2 fully saturated rings. The summed E-state index contributed by atoms with van der Waals surface area (Å²) in [7, 11) is 1.78. The first-order chi connectivity index (χ1) is 14.2. The fourth-order valence-corrected chi connectivity index (χ4v) is 3.86. The first-order valence-corrected chi connectivity index (χ1v) is 10.8. The summed E-state index contributed by atoms with van der Waals surface area (Å²) in [5.74, 6) is 0.802. The van der Waals surface area contributed by atoms with Gasteiger partial charge in [0.2, 0.25) is 0 Å². The third kappa shape index (κ3) is 6.57. The van der Waals surface area contributed by atoms with Crippen molar-refractivity contribution in [2.45, 2.75) is 57.8 Å². The van der Waals surface area contributed by atoms with Gasteiger partial charge in [-0.25, -0.2) is 4.39 Å². The fraction of sp³-hybridized carbons (Fsp3) is 0.682. The number of rotatable bonds is 7. The summed E-state index contributed by atoms with van der Waals surface area (Å²) in [4.78, 5) is 6.63. The van der Waals surface area contributed by atoms with E-state index in [1.165, 1.54) is 18.9 Å². The summed E-state index contributed by atoms with van der Waals surface area (Å²) in [6.45, 7) is 6.19. The van der Waals surface area contributed by atoms with Crippen LogP contribution in [0.1, 0.15) is 44.6 Å². The van der Waals surface area contributed by atoms with Crippen molar-refractivity contribution >= 4 is 5.96 Å². The monoisotopic (exact) mass is 407 g/mol. The van der Waals surface area contributed by atoms with Crippen molar-refractivity contribution in [2.24, 2.45) is 4.99 Å². The molecule has 3 rings (SSSR count). The highest BCUT2D eigenvalue weighted by atomic mass is 19.1. The maximum Gasteiger partial charge on any atom is 0.193 e. The van der Waals surface area contributed by atoms with Gasteiger partial charge < -0.3 is 24.4 Å². The second kappa shape index (κ2) is 11.4. The molecule has 1 aromatic carbocycles. The molecule has 1 aromatic rings. The number of nitrogens with zero attached hydrogens (tertiary/aromatic N) is 2. The number of hydrogen-bond acceptors (Lipinski definition) is 4. The second-order valence-corrected chi connectivity index (χ2v) is 7.61. The summed E-state index contributed by atoms with van der Waals surface area (Å²) in [6, 6.07) is 5.07. The highest BCUT2D eigenvalue weighted by molar-refractivity contribution is 5.80. The fourth-order valence-electron chi connectivity index (χ4n) is 3.86. The molecule has 6 nitrogen and oxygen atoms in total. The predicted molar refractivity (Wildman–Crippen MR) is 112 cm³/mol. The minimum atomic E-state index is -0.332. The molecule has 1 unspecified atom stereocenters. The van der Waals surface area contributed by atoms with Gasteiger partial charge in [-0.15, -0.1) is 0 Å². The van der Waals surface area contributed by atoms with Crippen molar-refractivity contribution in [2.75, 3.05) is 40.0 Å². The van der Waals surface area contributed by atoms with Crippen LogP contribution >= 0.6 is 0 Å². The minimum Gasteiger partial charge on any atom is -0.491 e. The topological polar surface area (TPSA) is 55.3 Å². The van der Waals surface area contributed by atoms with E-state index in [1.54, 1.807) is 13.1 Å². The van der Waals surface area contributed by atoms with Crippen LogP contribution in [-0.4, -0.2) is 63.0 Å². The van der Waals surface area contributed by atoms with Crippen LogP contribution in [-0.2, 0) is 16.0 Å². The van der Waals surface area contributed by atoms with Crippen molar-refractivity contribution in [1.29, 1.82) is 0 Å². The van der Waals surface area contributed by atoms with Crippen LogP contribution in [0.2, 0.25) is 0 Å². The van der Waals surface area contributed by atoms with Gasteiger partial charge in [0.25, 0.3) is 0 Å². The number of likely N-dealkylation sites (tertiary alicyclic amines) is 1. The number of nitrogens with one attached hydrogen (secondary N) is 1. The van der Waals surface area contributed by atoms with E-state index in [9.17, 15) is 4.39 Å². The second-order valence-electron chi connectivity index (χ2n) is 7.61. The lowest BCUT2D eigenvalue weighted by molar-refractivity contribution is -0.0721. The molecule has 2 aliphatic heterocycles. The highest BCUT2D eigenvalue weighted by Gasteiger charge is 2.23. The Kier molecular flexibility index (Phi) is 8.55. The van der Waals surface area contributed by atoms with Crippen molar-refractivity contribution in [3.63, 3.8) is 0 Å². The number of piperidine rings is 1. The van der Waals surface area contributed by atoms with Crippen molar-refractivity contribution in [3.8, 4) is 5.75 Å². The van der Waals surface area contributed by atoms with Crippen molar-refractivity contribution in [3.05, 3.63) is 29.6 Å². The number of halogens is 1. The number of aliphatic imine (C=N–C) groups is 1. The first kappa shape index (κ1) is 21.8. The van der Waals surface area contributed by atoms with E-state index in [2.05, 4.69) is 15.2 Å². The van der Waals surface area contributed by atoms with Crippen molar-refractivity contribution < 1.29 is 18.6 Å². The van der Waals surface area contributed by atoms with Crippen LogP contribution < -0.4 is 10.1 Å². The minimum absolute atomic E-state index is 0.269. The van der Waals surface area contributed by atoms with Gasteiger partial charge in [0.05, 0.1) is 25.4 Å². The van der Waals surface area contributed by atoms with Crippen LogP contribution in [0.5, 0.6) is 5.75 Å². The van der Waals surface area contributed by atoms with Gasteiger partial charge in [-0.05, 0) is 56.7 Å². The molecule has 2 aliphatic rings. The molecule has 7 heteroatoms. The maximum absolute atomic E-state index is 14.0. The summed E-state index contributed by atoms with van der Waals surface area (Å²) >= 11 is 0. The highest BCUT2D eigenvalue weighted by Crippen LogP contribution is 2.19. The van der Waals surface area contributed by atoms with Crippen LogP contribution in [0.4, 0.5) is 4.39 Å². The van der Waals surface area contributed by atoms with E-state index < -0.39 is 0 Å². The van der Waals surface area contributed by atoms with Gasteiger partial charge in [0.1, 0.15) is 0 Å². The van der Waals surface area contributed by atoms with E-state index >= 15 is 0 Å². The Bertz CT molecular complexity index is 657. The normalized spacial score (nSPS) is 21.3. The number of ether oxygens (including phenoxy) is 3. The average molecular weight is 408 g/mol. The lowest BCUT2D eigenvalue weighted by Gasteiger charge is -2.35. The molecule has 1 N–H and O–H groups in total. The molecule has 0 aliphatic carbocycles. The van der Waals surface area contributed by atoms with E-state index in [1.807, 2.05) is 13.0 Å². The standard InChI is InChI=1S/C22H34FN3O3/c1-3-27-21-8-7-17(14-20(21)23)15-25-22(24-2)26-11-9-18(10-12-26)29-16-19-6-4-5-13-28-19/h7-8,14,18-19H,3-6,9-13,15-16H2,1-2H3,(H,24,25). The Morgan fingerprint density at radius 2 is 2.10 bits per heavy atom. The summed E-state index contributed by atoms with van der Waals surface area (Å²) in [5, 5.41) is 3.34. The summed E-state index contributed by atoms with van der Waals surface area (Å²) < 4.78 is 31.1. The molecular formula is C22H34FN3O3. The molecule has 2 saturated heterocycles. The zero-order valence-corrected chi connectivity index (χ0v) is 17.7. The predicted octanol–water partition coefficient (Wildman–Crippen LogP) is 3.35. The first-order valence-electron chi connectivity index (χ1n) is 10.8. The molecule has 1 atom stereocenters. The third-order valence-electron chi connectivity index (χ3n) is 5.49. The van der Waals surface area contributed by atoms with Gasteiger partial charge in [0.15, 0.2) is 17.5 Å². The van der Waals surface area contributed by atoms with Gasteiger partial charge in [-0.3, -0.25) is 4.99 Å². The molecule has 162 valence electrons. The van der Waals surface area contributed by atoms with Gasteiger partial charge in [-0.1, -0.05) is 6.07 Å². The Balaban J connectivity index is 1.41. The molecule has 0 amide bonds. The number of benzene rings is 1. The van der Waals surface area contributed by atoms with E-state index in [-0.39, 0.29) is 18.0 Å². The molecule has 0 spiro atoms. The van der Waals surface area contributed by atoms with Gasteiger partial charge in [0, 0.05) is 33.3 Å². The number of hydrogen-bond donors (Lipinski definition) is 1. The molecule has 0 saturated carbocycles. The van der Waals surface area contributed by atoms with E-state index in [0.717, 1.165) is 50.5 Å². The lowest BCUT2D eigenvalue weighted by Crippen LogP contribution is -2.47. The van der Waals surface area contributed by atoms with Crippen LogP contribution in [0.3, 0.4) is 0 Å². The molecular weight excluding hydrogens is 373 g/mol.